The van der Waals surface area contributed by atoms with E-state index in [1.165, 1.54) is 0 Å². The third-order valence-corrected chi connectivity index (χ3v) is 9.58. The molecule has 0 saturated heterocycles. The van der Waals surface area contributed by atoms with E-state index in [0.717, 1.165) is 60.2 Å². The summed E-state index contributed by atoms with van der Waals surface area (Å²) in [4.78, 5) is 18.5. The summed E-state index contributed by atoms with van der Waals surface area (Å²) < 4.78 is 45.8. The molecule has 2 unspecified atom stereocenters. The Hall–Kier alpha value is -5.98. The van der Waals surface area contributed by atoms with E-state index in [0.29, 0.717) is 71.2 Å². The molecule has 2 N–H and O–H groups in total. The smallest absolute Gasteiger partial charge is 0.255 e. The zero-order valence-electron chi connectivity index (χ0n) is 32.2. The molecule has 13 nitrogen and oxygen atoms in total. The minimum absolute atomic E-state index is 0.116. The number of rotatable bonds is 19. The molecular formula is C42H49N3O10. The van der Waals surface area contributed by atoms with Gasteiger partial charge in [-0.1, -0.05) is 42.6 Å². The van der Waals surface area contributed by atoms with E-state index in [-0.39, 0.29) is 18.2 Å². The molecule has 0 bridgehead atoms. The summed E-state index contributed by atoms with van der Waals surface area (Å²) in [5, 5.41) is 10.8. The maximum atomic E-state index is 12.6. The second-order valence-electron chi connectivity index (χ2n) is 13.0. The Morgan fingerprint density at radius 2 is 1.22 bits per heavy atom. The molecule has 13 heteroatoms. The molecule has 6 rings (SSSR count). The van der Waals surface area contributed by atoms with Crippen molar-refractivity contribution in [2.45, 2.75) is 50.8 Å². The zero-order chi connectivity index (χ0) is 38.7. The summed E-state index contributed by atoms with van der Waals surface area (Å²) in [6.07, 6.45) is 4.63. The van der Waals surface area contributed by atoms with Gasteiger partial charge in [-0.15, -0.1) is 0 Å². The molecular weight excluding hydrogens is 706 g/mol. The molecule has 4 aromatic carbocycles. The number of amides is 1. The number of hydrogen-bond acceptors (Lipinski definition) is 12. The van der Waals surface area contributed by atoms with Crippen molar-refractivity contribution in [2.75, 3.05) is 61.2 Å². The highest BCUT2D eigenvalue weighted by atomic mass is 16.6. The summed E-state index contributed by atoms with van der Waals surface area (Å²) >= 11 is 0. The molecule has 0 aromatic heterocycles. The van der Waals surface area contributed by atoms with Gasteiger partial charge in [-0.3, -0.25) is 4.79 Å². The van der Waals surface area contributed by atoms with Crippen LogP contribution in [0.2, 0.25) is 0 Å². The molecule has 0 saturated carbocycles. The number of hydrogen-bond donors (Lipinski definition) is 2. The first-order valence-electron chi connectivity index (χ1n) is 18.3. The summed E-state index contributed by atoms with van der Waals surface area (Å²) in [6, 6.07) is 20.7. The minimum atomic E-state index is -0.367. The van der Waals surface area contributed by atoms with Crippen molar-refractivity contribution in [2.24, 2.45) is 5.16 Å². The Morgan fingerprint density at radius 1 is 0.618 bits per heavy atom. The van der Waals surface area contributed by atoms with Crippen molar-refractivity contribution in [3.8, 4) is 46.0 Å². The fourth-order valence-electron chi connectivity index (χ4n) is 6.65. The van der Waals surface area contributed by atoms with Crippen LogP contribution in [-0.4, -0.2) is 67.5 Å². The molecule has 0 fully saturated rings. The number of unbranched alkanes of at least 4 members (excludes halogenated alkanes) is 4. The number of methoxy groups -OCH3 is 6. The number of oxime groups is 1. The van der Waals surface area contributed by atoms with Crippen LogP contribution in [-0.2, 0) is 4.84 Å². The van der Waals surface area contributed by atoms with Gasteiger partial charge in [-0.25, -0.2) is 0 Å². The fraction of sp³-hybridized carbons (Fsp3) is 0.381. The van der Waals surface area contributed by atoms with Gasteiger partial charge in [-0.2, -0.15) is 0 Å². The lowest BCUT2D eigenvalue weighted by Gasteiger charge is -2.28. The van der Waals surface area contributed by atoms with E-state index in [1.54, 1.807) is 48.7 Å². The lowest BCUT2D eigenvalue weighted by atomic mass is 9.99. The van der Waals surface area contributed by atoms with E-state index >= 15 is 0 Å². The van der Waals surface area contributed by atoms with Gasteiger partial charge in [-0.05, 0) is 66.9 Å². The van der Waals surface area contributed by atoms with Crippen molar-refractivity contribution >= 4 is 17.3 Å². The van der Waals surface area contributed by atoms with Gasteiger partial charge in [0.1, 0.15) is 6.17 Å². The van der Waals surface area contributed by atoms with Gasteiger partial charge in [0.05, 0.1) is 67.1 Å². The molecule has 2 aliphatic heterocycles. The SMILES string of the molecule is COc1cc(C2NC(=O)c3ccccc3N2)ccc1OCCCCCCCOc1c(OC)cc(C2CC(c3cc(OC)c(OC)c(OC)c3)=NO2)cc1OC. The number of carbonyl (C=O) groups is 1. The average molecular weight is 756 g/mol. The number of ether oxygens (including phenoxy) is 8. The number of nitrogens with zero attached hydrogens (tertiary/aromatic N) is 1. The highest BCUT2D eigenvalue weighted by molar-refractivity contribution is 6.02. The monoisotopic (exact) mass is 755 g/mol. The van der Waals surface area contributed by atoms with Crippen LogP contribution < -0.4 is 48.5 Å². The van der Waals surface area contributed by atoms with E-state index in [4.69, 9.17) is 42.7 Å². The standard InChI is InChI=1S/C42H49N3O10/c1-47-34-20-26(41-43-30-15-11-10-14-29(30)42(46)44-41)16-17-32(34)53-18-12-8-7-9-13-19-54-40-37(50-4)23-28(24-38(40)51-5)33-25-31(45-55-33)27-21-35(48-2)39(52-6)36(22-27)49-3/h10-11,14-17,20-24,33,41,43H,7-9,12-13,18-19,25H2,1-6H3,(H,44,46). The first-order valence-corrected chi connectivity index (χ1v) is 18.3. The van der Waals surface area contributed by atoms with Gasteiger partial charge < -0.3 is 53.4 Å². The third kappa shape index (κ3) is 8.88. The van der Waals surface area contributed by atoms with E-state index in [2.05, 4.69) is 15.8 Å². The predicted molar refractivity (Wildman–Crippen MR) is 208 cm³/mol. The minimum Gasteiger partial charge on any atom is -0.493 e. The van der Waals surface area contributed by atoms with E-state index < -0.39 is 0 Å². The lowest BCUT2D eigenvalue weighted by molar-refractivity contribution is 0.0852. The molecule has 0 radical (unpaired) electrons. The number of anilines is 1. The Bertz CT molecular complexity index is 1930. The number of carbonyl (C=O) groups excluding carboxylic acids is 1. The molecule has 2 aliphatic rings. The molecule has 292 valence electrons. The topological polar surface area (TPSA) is 137 Å². The van der Waals surface area contributed by atoms with Gasteiger partial charge in [0.25, 0.3) is 5.91 Å². The summed E-state index contributed by atoms with van der Waals surface area (Å²) in [5.41, 5.74) is 4.71. The molecule has 0 aliphatic carbocycles. The van der Waals surface area contributed by atoms with Crippen LogP contribution in [0, 0.1) is 0 Å². The highest BCUT2D eigenvalue weighted by Gasteiger charge is 2.29. The van der Waals surface area contributed by atoms with Gasteiger partial charge in [0.15, 0.2) is 40.6 Å². The quantitative estimate of drug-likeness (QED) is 0.0906. The van der Waals surface area contributed by atoms with Crippen LogP contribution in [0.5, 0.6) is 46.0 Å². The Labute approximate surface area is 321 Å². The highest BCUT2D eigenvalue weighted by Crippen LogP contribution is 2.44. The molecule has 1 amide bonds. The van der Waals surface area contributed by atoms with Gasteiger partial charge in [0, 0.05) is 23.2 Å². The maximum absolute atomic E-state index is 12.6. The van der Waals surface area contributed by atoms with Crippen LogP contribution in [0.4, 0.5) is 5.69 Å². The fourth-order valence-corrected chi connectivity index (χ4v) is 6.65. The zero-order valence-corrected chi connectivity index (χ0v) is 32.2. The van der Waals surface area contributed by atoms with Crippen LogP contribution >= 0.6 is 0 Å². The van der Waals surface area contributed by atoms with Crippen molar-refractivity contribution in [1.82, 2.24) is 5.32 Å². The van der Waals surface area contributed by atoms with Crippen LogP contribution in [0.1, 0.15) is 77.8 Å². The second-order valence-corrected chi connectivity index (χ2v) is 13.0. The number of para-hydroxylation sites is 1. The van der Waals surface area contributed by atoms with Crippen LogP contribution in [0.25, 0.3) is 0 Å². The largest absolute Gasteiger partial charge is 0.493 e. The average Bonchev–Trinajstić information content (AvgIpc) is 3.73. The van der Waals surface area contributed by atoms with Crippen molar-refractivity contribution < 1.29 is 47.5 Å². The maximum Gasteiger partial charge on any atom is 0.255 e. The van der Waals surface area contributed by atoms with Crippen molar-refractivity contribution in [3.63, 3.8) is 0 Å². The molecule has 55 heavy (non-hydrogen) atoms. The molecule has 2 heterocycles. The second kappa shape index (κ2) is 18.4. The summed E-state index contributed by atoms with van der Waals surface area (Å²) in [5.74, 6) is 4.44. The first-order chi connectivity index (χ1) is 26.9. The first kappa shape index (κ1) is 38.7. The number of nitrogens with one attached hydrogen (secondary N) is 2. The number of benzene rings is 4. The lowest BCUT2D eigenvalue weighted by Crippen LogP contribution is -2.38. The van der Waals surface area contributed by atoms with E-state index in [9.17, 15) is 4.79 Å². The Morgan fingerprint density at radius 3 is 1.87 bits per heavy atom. The van der Waals surface area contributed by atoms with Crippen molar-refractivity contribution in [3.05, 3.63) is 89.0 Å². The van der Waals surface area contributed by atoms with E-state index in [1.807, 2.05) is 60.7 Å². The molecule has 0 spiro atoms. The third-order valence-electron chi connectivity index (χ3n) is 9.58. The summed E-state index contributed by atoms with van der Waals surface area (Å²) in [7, 11) is 9.56. The normalized spacial score (nSPS) is 15.7. The molecule has 4 aromatic rings. The Balaban J connectivity index is 0.941. The molecule has 2 atom stereocenters. The number of fused-ring (bicyclic) bond motifs is 1. The van der Waals surface area contributed by atoms with Crippen LogP contribution in [0.3, 0.4) is 0 Å². The van der Waals surface area contributed by atoms with Gasteiger partial charge >= 0.3 is 0 Å². The predicted octanol–water partition coefficient (Wildman–Crippen LogP) is 7.87. The van der Waals surface area contributed by atoms with Crippen molar-refractivity contribution in [1.29, 1.82) is 0 Å². The Kier molecular flexibility index (Phi) is 12.9. The summed E-state index contributed by atoms with van der Waals surface area (Å²) in [6.45, 7) is 1.08. The van der Waals surface area contributed by atoms with Crippen LogP contribution in [0.15, 0.2) is 71.9 Å². The van der Waals surface area contributed by atoms with Gasteiger partial charge in [0.2, 0.25) is 11.5 Å².